The van der Waals surface area contributed by atoms with E-state index in [1.54, 1.807) is 7.11 Å². The van der Waals surface area contributed by atoms with E-state index in [2.05, 4.69) is 0 Å². The van der Waals surface area contributed by atoms with Gasteiger partial charge in [-0.15, -0.1) is 0 Å². The number of halogens is 1. The summed E-state index contributed by atoms with van der Waals surface area (Å²) >= 11 is 6.18. The van der Waals surface area contributed by atoms with Crippen LogP contribution in [-0.4, -0.2) is 12.2 Å². The Kier molecular flexibility index (Phi) is 4.90. The Morgan fingerprint density at radius 1 is 1.33 bits per heavy atom. The first kappa shape index (κ1) is 13.7. The summed E-state index contributed by atoms with van der Waals surface area (Å²) in [5.41, 5.74) is 0.743. The van der Waals surface area contributed by atoms with Gasteiger partial charge in [-0.3, -0.25) is 0 Å². The molecule has 0 radical (unpaired) electrons. The van der Waals surface area contributed by atoms with Gasteiger partial charge in [-0.05, 0) is 24.5 Å². The first-order valence-corrected chi connectivity index (χ1v) is 7.10. The molecule has 1 saturated carbocycles. The summed E-state index contributed by atoms with van der Waals surface area (Å²) in [5.74, 6) is 1.31. The van der Waals surface area contributed by atoms with Gasteiger partial charge in [0.15, 0.2) is 0 Å². The number of benzene rings is 1. The normalized spacial score (nSPS) is 18.6. The van der Waals surface area contributed by atoms with E-state index in [9.17, 15) is 5.11 Å². The highest BCUT2D eigenvalue weighted by atomic mass is 35.5. The van der Waals surface area contributed by atoms with Gasteiger partial charge in [-0.25, -0.2) is 0 Å². The quantitative estimate of drug-likeness (QED) is 0.880. The van der Waals surface area contributed by atoms with Crippen molar-refractivity contribution in [3.8, 4) is 5.75 Å². The zero-order valence-electron chi connectivity index (χ0n) is 10.9. The largest absolute Gasteiger partial charge is 0.496 e. The van der Waals surface area contributed by atoms with Crippen molar-refractivity contribution in [1.82, 2.24) is 0 Å². The molecule has 0 bridgehead atoms. The summed E-state index contributed by atoms with van der Waals surface area (Å²) in [6.07, 6.45) is 6.64. The van der Waals surface area contributed by atoms with Crippen LogP contribution >= 0.6 is 11.6 Å². The van der Waals surface area contributed by atoms with Crippen LogP contribution in [0.25, 0.3) is 0 Å². The average molecular weight is 269 g/mol. The Morgan fingerprint density at radius 3 is 2.72 bits per heavy atom. The van der Waals surface area contributed by atoms with E-state index >= 15 is 0 Å². The predicted octanol–water partition coefficient (Wildman–Crippen LogP) is 4.35. The molecule has 1 unspecified atom stereocenters. The van der Waals surface area contributed by atoms with Gasteiger partial charge in [0.2, 0.25) is 0 Å². The van der Waals surface area contributed by atoms with E-state index in [1.165, 1.54) is 32.1 Å². The lowest BCUT2D eigenvalue weighted by Crippen LogP contribution is -2.12. The van der Waals surface area contributed by atoms with Crippen molar-refractivity contribution in [3.63, 3.8) is 0 Å². The van der Waals surface area contributed by atoms with Gasteiger partial charge >= 0.3 is 0 Å². The smallest absolute Gasteiger partial charge is 0.126 e. The van der Waals surface area contributed by atoms with Crippen LogP contribution < -0.4 is 4.74 Å². The van der Waals surface area contributed by atoms with Gasteiger partial charge < -0.3 is 9.84 Å². The van der Waals surface area contributed by atoms with Crippen molar-refractivity contribution < 1.29 is 9.84 Å². The number of ether oxygens (including phenoxy) is 1. The van der Waals surface area contributed by atoms with Crippen LogP contribution in [0.2, 0.25) is 5.02 Å². The summed E-state index contributed by atoms with van der Waals surface area (Å²) < 4.78 is 5.29. The van der Waals surface area contributed by atoms with Crippen LogP contribution in [0.15, 0.2) is 18.2 Å². The van der Waals surface area contributed by atoms with Gasteiger partial charge in [0.25, 0.3) is 0 Å². The fourth-order valence-electron chi connectivity index (χ4n) is 2.88. The van der Waals surface area contributed by atoms with Crippen molar-refractivity contribution in [2.45, 2.75) is 44.6 Å². The van der Waals surface area contributed by atoms with Gasteiger partial charge in [-0.1, -0.05) is 49.8 Å². The maximum absolute atomic E-state index is 10.4. The topological polar surface area (TPSA) is 29.5 Å². The van der Waals surface area contributed by atoms with E-state index in [1.807, 2.05) is 18.2 Å². The minimum atomic E-state index is -0.517. The summed E-state index contributed by atoms with van der Waals surface area (Å²) in [7, 11) is 1.61. The number of hydrogen-bond donors (Lipinski definition) is 1. The Balaban J connectivity index is 2.09. The fourth-order valence-corrected chi connectivity index (χ4v) is 3.17. The zero-order valence-corrected chi connectivity index (χ0v) is 11.6. The Hall–Kier alpha value is -0.730. The molecule has 2 nitrogen and oxygen atoms in total. The first-order valence-electron chi connectivity index (χ1n) is 6.73. The molecule has 100 valence electrons. The van der Waals surface area contributed by atoms with Crippen molar-refractivity contribution in [2.75, 3.05) is 7.11 Å². The standard InChI is InChI=1S/C15H21ClO2/c1-18-14-9-5-8-12(16)15(14)13(17)10-11-6-3-2-4-7-11/h5,8-9,11,13,17H,2-4,6-7,10H2,1H3. The molecule has 0 aliphatic heterocycles. The van der Waals surface area contributed by atoms with E-state index in [-0.39, 0.29) is 0 Å². The predicted molar refractivity (Wildman–Crippen MR) is 74.2 cm³/mol. The molecule has 1 aliphatic rings. The highest BCUT2D eigenvalue weighted by molar-refractivity contribution is 6.31. The molecular weight excluding hydrogens is 248 g/mol. The molecule has 0 spiro atoms. The van der Waals surface area contributed by atoms with E-state index in [4.69, 9.17) is 16.3 Å². The second-order valence-corrected chi connectivity index (χ2v) is 5.52. The molecule has 1 aromatic rings. The molecule has 1 fully saturated rings. The fraction of sp³-hybridized carbons (Fsp3) is 0.600. The highest BCUT2D eigenvalue weighted by Crippen LogP contribution is 2.38. The molecule has 1 atom stereocenters. The zero-order chi connectivity index (χ0) is 13.0. The molecule has 18 heavy (non-hydrogen) atoms. The minimum Gasteiger partial charge on any atom is -0.496 e. The van der Waals surface area contributed by atoms with Crippen molar-refractivity contribution in [2.24, 2.45) is 5.92 Å². The molecule has 1 aliphatic carbocycles. The Morgan fingerprint density at radius 2 is 2.06 bits per heavy atom. The first-order chi connectivity index (χ1) is 8.72. The maximum Gasteiger partial charge on any atom is 0.126 e. The molecule has 0 saturated heterocycles. The number of hydrogen-bond acceptors (Lipinski definition) is 2. The molecular formula is C15H21ClO2. The van der Waals surface area contributed by atoms with Crippen LogP contribution in [0.5, 0.6) is 5.75 Å². The average Bonchev–Trinajstić information content (AvgIpc) is 2.39. The van der Waals surface area contributed by atoms with E-state index in [0.29, 0.717) is 16.7 Å². The van der Waals surface area contributed by atoms with Crippen LogP contribution in [0.4, 0.5) is 0 Å². The number of aliphatic hydroxyl groups excluding tert-OH is 1. The maximum atomic E-state index is 10.4. The number of methoxy groups -OCH3 is 1. The number of rotatable bonds is 4. The molecule has 1 N–H and O–H groups in total. The number of aliphatic hydroxyl groups is 1. The van der Waals surface area contributed by atoms with Crippen LogP contribution in [0.1, 0.15) is 50.2 Å². The Labute approximate surface area is 114 Å². The monoisotopic (exact) mass is 268 g/mol. The van der Waals surface area contributed by atoms with Gasteiger partial charge in [0.05, 0.1) is 18.2 Å². The van der Waals surface area contributed by atoms with E-state index < -0.39 is 6.10 Å². The second kappa shape index (κ2) is 6.44. The van der Waals surface area contributed by atoms with Gasteiger partial charge in [0, 0.05) is 5.56 Å². The summed E-state index contributed by atoms with van der Waals surface area (Å²) in [6.45, 7) is 0. The summed E-state index contributed by atoms with van der Waals surface area (Å²) in [5, 5.41) is 11.0. The molecule has 1 aromatic carbocycles. The molecule has 0 amide bonds. The SMILES string of the molecule is COc1cccc(Cl)c1C(O)CC1CCCCC1. The lowest BCUT2D eigenvalue weighted by atomic mass is 9.84. The van der Waals surface area contributed by atoms with Crippen molar-refractivity contribution >= 4 is 11.6 Å². The summed E-state index contributed by atoms with van der Waals surface area (Å²) in [4.78, 5) is 0. The van der Waals surface area contributed by atoms with Gasteiger partial charge in [-0.2, -0.15) is 0 Å². The third-order valence-corrected chi connectivity index (χ3v) is 4.18. The third-order valence-electron chi connectivity index (χ3n) is 3.85. The Bertz CT molecular complexity index is 386. The van der Waals surface area contributed by atoms with Crippen LogP contribution in [-0.2, 0) is 0 Å². The molecule has 2 rings (SSSR count). The lowest BCUT2D eigenvalue weighted by molar-refractivity contribution is 0.128. The lowest BCUT2D eigenvalue weighted by Gasteiger charge is -2.25. The third kappa shape index (κ3) is 3.18. The van der Waals surface area contributed by atoms with E-state index in [0.717, 1.165) is 12.0 Å². The molecule has 3 heteroatoms. The minimum absolute atomic E-state index is 0.517. The van der Waals surface area contributed by atoms with Gasteiger partial charge in [0.1, 0.15) is 5.75 Å². The van der Waals surface area contributed by atoms with Crippen LogP contribution in [0, 0.1) is 5.92 Å². The van der Waals surface area contributed by atoms with Crippen LogP contribution in [0.3, 0.4) is 0 Å². The van der Waals surface area contributed by atoms with Crippen molar-refractivity contribution in [1.29, 1.82) is 0 Å². The highest BCUT2D eigenvalue weighted by Gasteiger charge is 2.22. The molecule has 0 aromatic heterocycles. The van der Waals surface area contributed by atoms with Crippen molar-refractivity contribution in [3.05, 3.63) is 28.8 Å². The molecule has 0 heterocycles. The summed E-state index contributed by atoms with van der Waals surface area (Å²) in [6, 6.07) is 5.51. The second-order valence-electron chi connectivity index (χ2n) is 5.11.